The summed E-state index contributed by atoms with van der Waals surface area (Å²) in [6.07, 6.45) is 8.01. The monoisotopic (exact) mass is 183 g/mol. The second kappa shape index (κ2) is 7.36. The molecule has 0 saturated carbocycles. The average molecular weight is 183 g/mol. The summed E-state index contributed by atoms with van der Waals surface area (Å²) in [6.45, 7) is 6.04. The highest BCUT2D eigenvalue weighted by Gasteiger charge is 1.93. The Labute approximate surface area is 78.8 Å². The Morgan fingerprint density at radius 3 is 2.85 bits per heavy atom. The number of nitrogens with zero attached hydrogens (tertiary/aromatic N) is 2. The Balaban J connectivity index is 0.000000671. The maximum atomic E-state index is 8.55. The molecular formula is C9H17N3O. The van der Waals surface area contributed by atoms with Crippen LogP contribution in [0.25, 0.3) is 6.08 Å². The molecule has 0 fully saturated rings. The van der Waals surface area contributed by atoms with E-state index in [4.69, 9.17) is 5.21 Å². The van der Waals surface area contributed by atoms with Gasteiger partial charge in [0, 0.05) is 12.4 Å². The SMILES string of the molecule is CC.CC/C=C\c1nccn1NO. The first-order chi connectivity index (χ1) is 6.38. The van der Waals surface area contributed by atoms with Gasteiger partial charge in [-0.05, 0) is 12.5 Å². The van der Waals surface area contributed by atoms with Gasteiger partial charge in [-0.3, -0.25) is 5.21 Å². The van der Waals surface area contributed by atoms with Gasteiger partial charge in [-0.25, -0.2) is 15.2 Å². The Bertz CT molecular complexity index is 243. The summed E-state index contributed by atoms with van der Waals surface area (Å²) >= 11 is 0. The largest absolute Gasteiger partial charge is 0.275 e. The summed E-state index contributed by atoms with van der Waals surface area (Å²) in [5.41, 5.74) is 1.99. The van der Waals surface area contributed by atoms with Crippen molar-refractivity contribution in [3.63, 3.8) is 0 Å². The second-order valence-corrected chi connectivity index (χ2v) is 2.07. The van der Waals surface area contributed by atoms with E-state index in [2.05, 4.69) is 4.98 Å². The van der Waals surface area contributed by atoms with Gasteiger partial charge in [-0.2, -0.15) is 0 Å². The molecule has 0 saturated heterocycles. The molecule has 1 rings (SSSR count). The number of aromatic nitrogens is 2. The van der Waals surface area contributed by atoms with Crippen LogP contribution in [0.5, 0.6) is 0 Å². The lowest BCUT2D eigenvalue weighted by Gasteiger charge is -1.99. The molecule has 0 bridgehead atoms. The lowest BCUT2D eigenvalue weighted by molar-refractivity contribution is 0.317. The van der Waals surface area contributed by atoms with Gasteiger partial charge in [0.2, 0.25) is 0 Å². The van der Waals surface area contributed by atoms with Crippen molar-refractivity contribution < 1.29 is 5.21 Å². The zero-order chi connectivity index (χ0) is 10.1. The highest BCUT2D eigenvalue weighted by atomic mass is 16.5. The molecular weight excluding hydrogens is 166 g/mol. The van der Waals surface area contributed by atoms with Crippen molar-refractivity contribution in [2.45, 2.75) is 27.2 Å². The van der Waals surface area contributed by atoms with Crippen molar-refractivity contribution in [3.8, 4) is 0 Å². The summed E-state index contributed by atoms with van der Waals surface area (Å²) in [5, 5.41) is 8.55. The van der Waals surface area contributed by atoms with Crippen molar-refractivity contribution in [2.24, 2.45) is 0 Å². The van der Waals surface area contributed by atoms with Crippen LogP contribution in [0, 0.1) is 0 Å². The summed E-state index contributed by atoms with van der Waals surface area (Å²) in [4.78, 5) is 3.98. The molecule has 0 unspecified atom stereocenters. The number of imidazole rings is 1. The molecule has 0 aliphatic carbocycles. The predicted octanol–water partition coefficient (Wildman–Crippen LogP) is 2.27. The smallest absolute Gasteiger partial charge is 0.152 e. The van der Waals surface area contributed by atoms with Gasteiger partial charge in [0.1, 0.15) is 0 Å². The Morgan fingerprint density at radius 1 is 1.62 bits per heavy atom. The second-order valence-electron chi connectivity index (χ2n) is 2.07. The third-order valence-electron chi connectivity index (χ3n) is 1.28. The van der Waals surface area contributed by atoms with Crippen LogP contribution >= 0.6 is 0 Å². The highest BCUT2D eigenvalue weighted by molar-refractivity contribution is 5.40. The normalized spacial score (nSPS) is 9.54. The van der Waals surface area contributed by atoms with E-state index in [1.807, 2.05) is 38.5 Å². The Kier molecular flexibility index (Phi) is 6.63. The zero-order valence-electron chi connectivity index (χ0n) is 8.36. The number of hydrogen-bond acceptors (Lipinski definition) is 3. The number of allylic oxidation sites excluding steroid dienone is 1. The number of hydrogen-bond donors (Lipinski definition) is 2. The van der Waals surface area contributed by atoms with Gasteiger partial charge in [0.05, 0.1) is 0 Å². The van der Waals surface area contributed by atoms with E-state index in [-0.39, 0.29) is 0 Å². The molecule has 0 atom stereocenters. The standard InChI is InChI=1S/C7H11N3O.C2H6/c1-2-3-4-7-8-5-6-10(7)9-11;1-2/h3-6,9,11H,2H2,1H3;1-2H3/b4-3-;. The number of nitrogens with one attached hydrogen (secondary N) is 1. The third kappa shape index (κ3) is 3.75. The lowest BCUT2D eigenvalue weighted by Crippen LogP contribution is -2.09. The summed E-state index contributed by atoms with van der Waals surface area (Å²) in [5.74, 6) is 0.689. The summed E-state index contributed by atoms with van der Waals surface area (Å²) in [7, 11) is 0. The number of rotatable bonds is 3. The first kappa shape index (κ1) is 11.7. The molecule has 0 spiro atoms. The van der Waals surface area contributed by atoms with Crippen molar-refractivity contribution in [1.29, 1.82) is 0 Å². The zero-order valence-corrected chi connectivity index (χ0v) is 8.36. The fourth-order valence-electron chi connectivity index (χ4n) is 0.746. The van der Waals surface area contributed by atoms with Crippen molar-refractivity contribution in [1.82, 2.24) is 9.66 Å². The van der Waals surface area contributed by atoms with Crippen LogP contribution in [0.2, 0.25) is 0 Å². The van der Waals surface area contributed by atoms with Crippen molar-refractivity contribution in [3.05, 3.63) is 24.3 Å². The van der Waals surface area contributed by atoms with Gasteiger partial charge >= 0.3 is 0 Å². The maximum Gasteiger partial charge on any atom is 0.152 e. The first-order valence-electron chi connectivity index (χ1n) is 4.48. The Morgan fingerprint density at radius 2 is 2.31 bits per heavy atom. The van der Waals surface area contributed by atoms with E-state index in [1.165, 1.54) is 4.68 Å². The van der Waals surface area contributed by atoms with Crippen LogP contribution in [-0.4, -0.2) is 14.9 Å². The molecule has 13 heavy (non-hydrogen) atoms. The highest BCUT2D eigenvalue weighted by Crippen LogP contribution is 1.97. The molecule has 2 N–H and O–H groups in total. The van der Waals surface area contributed by atoms with Gasteiger partial charge in [-0.1, -0.05) is 26.8 Å². The van der Waals surface area contributed by atoms with E-state index in [9.17, 15) is 0 Å². The maximum absolute atomic E-state index is 8.55. The quantitative estimate of drug-likeness (QED) is 0.707. The van der Waals surface area contributed by atoms with Crippen LogP contribution in [0.4, 0.5) is 0 Å². The fraction of sp³-hybridized carbons (Fsp3) is 0.444. The molecule has 1 aromatic rings. The molecule has 0 aliphatic rings. The van der Waals surface area contributed by atoms with Crippen LogP contribution in [0.1, 0.15) is 33.0 Å². The van der Waals surface area contributed by atoms with Gasteiger partial charge in [-0.15, -0.1) is 0 Å². The molecule has 1 aromatic heterocycles. The molecule has 74 valence electrons. The van der Waals surface area contributed by atoms with E-state index in [1.54, 1.807) is 12.4 Å². The molecule has 4 heteroatoms. The van der Waals surface area contributed by atoms with Crippen LogP contribution < -0.4 is 5.59 Å². The van der Waals surface area contributed by atoms with E-state index < -0.39 is 0 Å². The lowest BCUT2D eigenvalue weighted by atomic mass is 10.4. The van der Waals surface area contributed by atoms with Crippen molar-refractivity contribution in [2.75, 3.05) is 5.59 Å². The van der Waals surface area contributed by atoms with Gasteiger partial charge < -0.3 is 0 Å². The molecule has 0 aliphatic heterocycles. The summed E-state index contributed by atoms with van der Waals surface area (Å²) in [6, 6.07) is 0. The topological polar surface area (TPSA) is 50.1 Å². The molecule has 0 aromatic carbocycles. The molecule has 1 heterocycles. The fourth-order valence-corrected chi connectivity index (χ4v) is 0.746. The van der Waals surface area contributed by atoms with E-state index in [0.29, 0.717) is 5.82 Å². The molecule has 0 radical (unpaired) electrons. The van der Waals surface area contributed by atoms with Crippen molar-refractivity contribution >= 4 is 6.08 Å². The van der Waals surface area contributed by atoms with E-state index in [0.717, 1.165) is 6.42 Å². The van der Waals surface area contributed by atoms with Crippen LogP contribution in [-0.2, 0) is 0 Å². The predicted molar refractivity (Wildman–Crippen MR) is 54.0 cm³/mol. The van der Waals surface area contributed by atoms with Gasteiger partial charge in [0.25, 0.3) is 0 Å². The van der Waals surface area contributed by atoms with E-state index >= 15 is 0 Å². The third-order valence-corrected chi connectivity index (χ3v) is 1.28. The minimum atomic E-state index is 0.689. The molecule has 0 amide bonds. The van der Waals surface area contributed by atoms with Gasteiger partial charge in [0.15, 0.2) is 5.82 Å². The summed E-state index contributed by atoms with van der Waals surface area (Å²) < 4.78 is 1.42. The minimum Gasteiger partial charge on any atom is -0.275 e. The first-order valence-corrected chi connectivity index (χ1v) is 4.48. The van der Waals surface area contributed by atoms with Crippen LogP contribution in [0.15, 0.2) is 18.5 Å². The van der Waals surface area contributed by atoms with Crippen LogP contribution in [0.3, 0.4) is 0 Å². The molecule has 4 nitrogen and oxygen atoms in total. The minimum absolute atomic E-state index is 0.689. The average Bonchev–Trinajstić information content (AvgIpc) is 2.65. The Hall–Kier alpha value is -1.29.